The summed E-state index contributed by atoms with van der Waals surface area (Å²) in [5, 5.41) is 9.75. The van der Waals surface area contributed by atoms with Crippen LogP contribution in [-0.4, -0.2) is 30.3 Å². The average Bonchev–Trinajstić information content (AvgIpc) is 2.88. The lowest BCUT2D eigenvalue weighted by atomic mass is 10.2. The minimum Gasteiger partial charge on any atom is -0.493 e. The normalized spacial score (nSPS) is 10.4. The average molecular weight is 307 g/mol. The van der Waals surface area contributed by atoms with E-state index >= 15 is 0 Å². The Bertz CT molecular complexity index is 651. The summed E-state index contributed by atoms with van der Waals surface area (Å²) in [6.45, 7) is 1.97. The third-order valence-corrected chi connectivity index (χ3v) is 4.20. The molecule has 0 aliphatic rings. The first kappa shape index (κ1) is 15.3. The van der Waals surface area contributed by atoms with E-state index in [0.717, 1.165) is 21.1 Å². The number of carboxylic acids is 1. The van der Waals surface area contributed by atoms with Crippen LogP contribution in [0.4, 0.5) is 0 Å². The summed E-state index contributed by atoms with van der Waals surface area (Å²) in [5.41, 5.74) is 1.73. The predicted octanol–water partition coefficient (Wildman–Crippen LogP) is 3.02. The molecule has 0 spiro atoms. The van der Waals surface area contributed by atoms with Gasteiger partial charge in [-0.2, -0.15) is 0 Å². The van der Waals surface area contributed by atoms with Gasteiger partial charge in [0.15, 0.2) is 11.5 Å². The van der Waals surface area contributed by atoms with Crippen LogP contribution in [0.2, 0.25) is 0 Å². The van der Waals surface area contributed by atoms with Crippen molar-refractivity contribution >= 4 is 17.3 Å². The highest BCUT2D eigenvalue weighted by Crippen LogP contribution is 2.35. The third-order valence-electron chi connectivity index (χ3n) is 3.06. The number of aliphatic carboxylic acids is 1. The molecule has 1 aromatic heterocycles. The molecule has 0 unspecified atom stereocenters. The maximum Gasteiger partial charge on any atom is 0.308 e. The Balaban J connectivity index is 2.42. The van der Waals surface area contributed by atoms with Gasteiger partial charge in [-0.15, -0.1) is 11.3 Å². The third kappa shape index (κ3) is 3.33. The fourth-order valence-corrected chi connectivity index (χ4v) is 3.17. The van der Waals surface area contributed by atoms with E-state index in [1.54, 1.807) is 14.2 Å². The van der Waals surface area contributed by atoms with Crippen molar-refractivity contribution in [3.8, 4) is 22.1 Å². The summed E-state index contributed by atoms with van der Waals surface area (Å²) in [6.07, 6.45) is 0.723. The van der Waals surface area contributed by atoms with Crippen LogP contribution >= 0.6 is 11.3 Å². The molecule has 5 nitrogen and oxygen atoms in total. The van der Waals surface area contributed by atoms with Crippen molar-refractivity contribution in [1.82, 2.24) is 4.98 Å². The Hall–Kier alpha value is -2.08. The summed E-state index contributed by atoms with van der Waals surface area (Å²) in [7, 11) is 3.16. The van der Waals surface area contributed by atoms with Gasteiger partial charge in [-0.3, -0.25) is 4.79 Å². The number of thiazole rings is 1. The number of aromatic nitrogens is 1. The van der Waals surface area contributed by atoms with Crippen molar-refractivity contribution in [1.29, 1.82) is 0 Å². The number of hydrogen-bond donors (Lipinski definition) is 1. The SMILES string of the molecule is CCc1nc(-c2ccc(OC)c(OC)c2)sc1CC(=O)O. The lowest BCUT2D eigenvalue weighted by molar-refractivity contribution is -0.136. The highest BCUT2D eigenvalue weighted by atomic mass is 32.1. The molecule has 0 amide bonds. The maximum atomic E-state index is 10.9. The van der Waals surface area contributed by atoms with E-state index in [9.17, 15) is 4.79 Å². The molecule has 0 radical (unpaired) electrons. The number of carbonyl (C=O) groups is 1. The van der Waals surface area contributed by atoms with Gasteiger partial charge >= 0.3 is 5.97 Å². The van der Waals surface area contributed by atoms with Crippen molar-refractivity contribution in [2.75, 3.05) is 14.2 Å². The van der Waals surface area contributed by atoms with Gasteiger partial charge in [0.2, 0.25) is 0 Å². The molecule has 0 aliphatic carbocycles. The summed E-state index contributed by atoms with van der Waals surface area (Å²) >= 11 is 1.41. The van der Waals surface area contributed by atoms with Crippen LogP contribution in [0.1, 0.15) is 17.5 Å². The van der Waals surface area contributed by atoms with Crippen molar-refractivity contribution in [3.05, 3.63) is 28.8 Å². The van der Waals surface area contributed by atoms with Gasteiger partial charge < -0.3 is 14.6 Å². The van der Waals surface area contributed by atoms with E-state index in [-0.39, 0.29) is 6.42 Å². The quantitative estimate of drug-likeness (QED) is 0.888. The molecule has 0 fully saturated rings. The summed E-state index contributed by atoms with van der Waals surface area (Å²) in [5.74, 6) is 0.439. The van der Waals surface area contributed by atoms with Crippen molar-refractivity contribution < 1.29 is 19.4 Å². The predicted molar refractivity (Wildman–Crippen MR) is 81.4 cm³/mol. The van der Waals surface area contributed by atoms with Crippen LogP contribution in [0.5, 0.6) is 11.5 Å². The highest BCUT2D eigenvalue weighted by Gasteiger charge is 2.15. The van der Waals surface area contributed by atoms with Crippen LogP contribution in [0.25, 0.3) is 10.6 Å². The minimum absolute atomic E-state index is 0.00807. The molecule has 1 heterocycles. The van der Waals surface area contributed by atoms with Gasteiger partial charge in [-0.05, 0) is 24.6 Å². The standard InChI is InChI=1S/C15H17NO4S/c1-4-10-13(8-14(17)18)21-15(16-10)9-5-6-11(19-2)12(7-9)20-3/h5-7H,4,8H2,1-3H3,(H,17,18). The molecule has 0 saturated heterocycles. The second kappa shape index (κ2) is 6.58. The smallest absolute Gasteiger partial charge is 0.308 e. The van der Waals surface area contributed by atoms with E-state index in [1.807, 2.05) is 25.1 Å². The van der Waals surface area contributed by atoms with E-state index in [2.05, 4.69) is 4.98 Å². The number of aryl methyl sites for hydroxylation is 1. The molecule has 1 N–H and O–H groups in total. The maximum absolute atomic E-state index is 10.9. The Morgan fingerprint density at radius 2 is 2.00 bits per heavy atom. The summed E-state index contributed by atoms with van der Waals surface area (Å²) in [6, 6.07) is 5.56. The van der Waals surface area contributed by atoms with Crippen molar-refractivity contribution in [2.24, 2.45) is 0 Å². The monoisotopic (exact) mass is 307 g/mol. The second-order valence-corrected chi connectivity index (χ2v) is 5.47. The van der Waals surface area contributed by atoms with E-state index in [0.29, 0.717) is 17.9 Å². The number of nitrogens with zero attached hydrogens (tertiary/aromatic N) is 1. The van der Waals surface area contributed by atoms with E-state index in [4.69, 9.17) is 14.6 Å². The summed E-state index contributed by atoms with van der Waals surface area (Å²) in [4.78, 5) is 16.3. The summed E-state index contributed by atoms with van der Waals surface area (Å²) < 4.78 is 10.5. The van der Waals surface area contributed by atoms with Crippen LogP contribution in [-0.2, 0) is 17.6 Å². The van der Waals surface area contributed by atoms with Crippen LogP contribution in [0, 0.1) is 0 Å². The first-order valence-corrected chi connectivity index (χ1v) is 7.33. The second-order valence-electron chi connectivity index (χ2n) is 4.38. The van der Waals surface area contributed by atoms with Gasteiger partial charge in [-0.25, -0.2) is 4.98 Å². The van der Waals surface area contributed by atoms with Crippen molar-refractivity contribution in [3.63, 3.8) is 0 Å². The minimum atomic E-state index is -0.841. The van der Waals surface area contributed by atoms with Gasteiger partial charge in [0.25, 0.3) is 0 Å². The number of carboxylic acid groups (broad SMARTS) is 1. The zero-order chi connectivity index (χ0) is 15.4. The van der Waals surface area contributed by atoms with Crippen molar-refractivity contribution in [2.45, 2.75) is 19.8 Å². The Labute approximate surface area is 127 Å². The van der Waals surface area contributed by atoms with Gasteiger partial charge in [0.05, 0.1) is 26.3 Å². The Kier molecular flexibility index (Phi) is 4.80. The first-order valence-electron chi connectivity index (χ1n) is 6.51. The number of hydrogen-bond acceptors (Lipinski definition) is 5. The van der Waals surface area contributed by atoms with Gasteiger partial charge in [0.1, 0.15) is 5.01 Å². The molecule has 2 rings (SSSR count). The van der Waals surface area contributed by atoms with E-state index in [1.165, 1.54) is 11.3 Å². The molecule has 21 heavy (non-hydrogen) atoms. The molecule has 0 saturated carbocycles. The zero-order valence-electron chi connectivity index (χ0n) is 12.2. The number of benzene rings is 1. The largest absolute Gasteiger partial charge is 0.493 e. The van der Waals surface area contributed by atoms with E-state index < -0.39 is 5.97 Å². The topological polar surface area (TPSA) is 68.7 Å². The molecule has 2 aromatic rings. The number of ether oxygens (including phenoxy) is 2. The lowest BCUT2D eigenvalue weighted by Crippen LogP contribution is -2.00. The van der Waals surface area contributed by atoms with Gasteiger partial charge in [0, 0.05) is 10.4 Å². The highest BCUT2D eigenvalue weighted by molar-refractivity contribution is 7.15. The number of rotatable bonds is 6. The number of methoxy groups -OCH3 is 2. The fraction of sp³-hybridized carbons (Fsp3) is 0.333. The molecule has 0 aliphatic heterocycles. The molecular formula is C15H17NO4S. The van der Waals surface area contributed by atoms with Crippen LogP contribution in [0.15, 0.2) is 18.2 Å². The fourth-order valence-electron chi connectivity index (χ4n) is 2.03. The molecular weight excluding hydrogens is 290 g/mol. The van der Waals surface area contributed by atoms with Crippen LogP contribution < -0.4 is 9.47 Å². The van der Waals surface area contributed by atoms with Crippen LogP contribution in [0.3, 0.4) is 0 Å². The molecule has 112 valence electrons. The molecule has 0 atom stereocenters. The first-order chi connectivity index (χ1) is 10.1. The Morgan fingerprint density at radius 1 is 1.29 bits per heavy atom. The molecule has 6 heteroatoms. The lowest BCUT2D eigenvalue weighted by Gasteiger charge is -2.08. The van der Waals surface area contributed by atoms with Gasteiger partial charge in [-0.1, -0.05) is 6.92 Å². The Morgan fingerprint density at radius 3 is 2.57 bits per heavy atom. The zero-order valence-corrected chi connectivity index (χ0v) is 13.0. The molecule has 1 aromatic carbocycles. The molecule has 0 bridgehead atoms.